The Balaban J connectivity index is 1.67. The molecular formula is C18H20ClN3O. The van der Waals surface area contributed by atoms with Gasteiger partial charge >= 0.3 is 0 Å². The first-order valence-electron chi connectivity index (χ1n) is 7.66. The zero-order valence-corrected chi connectivity index (χ0v) is 13.8. The van der Waals surface area contributed by atoms with E-state index in [9.17, 15) is 0 Å². The first kappa shape index (κ1) is 15.7. The molecule has 0 amide bonds. The van der Waals surface area contributed by atoms with Crippen molar-refractivity contribution in [3.05, 3.63) is 64.2 Å². The van der Waals surface area contributed by atoms with Gasteiger partial charge in [-0.3, -0.25) is 0 Å². The van der Waals surface area contributed by atoms with Gasteiger partial charge < -0.3 is 15.8 Å². The van der Waals surface area contributed by atoms with Crippen molar-refractivity contribution in [2.75, 3.05) is 6.61 Å². The number of halogens is 1. The van der Waals surface area contributed by atoms with Crippen molar-refractivity contribution in [1.82, 2.24) is 5.32 Å². The van der Waals surface area contributed by atoms with Gasteiger partial charge in [-0.05, 0) is 30.2 Å². The third-order valence-electron chi connectivity index (χ3n) is 3.93. The summed E-state index contributed by atoms with van der Waals surface area (Å²) in [5.41, 5.74) is 9.31. The Morgan fingerprint density at radius 2 is 2.17 bits per heavy atom. The molecule has 1 aliphatic rings. The van der Waals surface area contributed by atoms with Gasteiger partial charge in [-0.25, -0.2) is 4.99 Å². The van der Waals surface area contributed by atoms with E-state index in [-0.39, 0.29) is 6.04 Å². The van der Waals surface area contributed by atoms with Gasteiger partial charge in [0.2, 0.25) is 0 Å². The minimum atomic E-state index is 0.135. The van der Waals surface area contributed by atoms with E-state index in [2.05, 4.69) is 16.4 Å². The summed E-state index contributed by atoms with van der Waals surface area (Å²) in [7, 11) is 0. The number of nitrogens with two attached hydrogens (primary N) is 1. The van der Waals surface area contributed by atoms with Gasteiger partial charge in [-0.15, -0.1) is 0 Å². The lowest BCUT2D eigenvalue weighted by Gasteiger charge is -2.26. The molecule has 0 fully saturated rings. The van der Waals surface area contributed by atoms with Gasteiger partial charge in [0.1, 0.15) is 5.75 Å². The molecule has 0 spiro atoms. The smallest absolute Gasteiger partial charge is 0.189 e. The molecule has 120 valence electrons. The van der Waals surface area contributed by atoms with Crippen LogP contribution in [0.5, 0.6) is 5.75 Å². The monoisotopic (exact) mass is 329 g/mol. The molecular weight excluding hydrogens is 310 g/mol. The normalized spacial score (nSPS) is 17.3. The number of guanidine groups is 1. The number of rotatable bonds is 3. The number of nitrogens with one attached hydrogen (secondary N) is 1. The third kappa shape index (κ3) is 3.77. The second-order valence-corrected chi connectivity index (χ2v) is 6.06. The van der Waals surface area contributed by atoms with E-state index in [0.29, 0.717) is 19.1 Å². The number of aliphatic imine (C=N–C) groups is 1. The zero-order chi connectivity index (χ0) is 16.2. The lowest BCUT2D eigenvalue weighted by molar-refractivity contribution is 0.262. The van der Waals surface area contributed by atoms with Gasteiger partial charge in [0.15, 0.2) is 5.96 Å². The predicted molar refractivity (Wildman–Crippen MR) is 93.9 cm³/mol. The first-order valence-corrected chi connectivity index (χ1v) is 8.04. The molecule has 23 heavy (non-hydrogen) atoms. The van der Waals surface area contributed by atoms with Crippen LogP contribution in [0.4, 0.5) is 0 Å². The minimum Gasteiger partial charge on any atom is -0.493 e. The Bertz CT molecular complexity index is 730. The summed E-state index contributed by atoms with van der Waals surface area (Å²) in [6.45, 7) is 3.19. The molecule has 3 N–H and O–H groups in total. The Kier molecular flexibility index (Phi) is 4.72. The molecule has 5 heteroatoms. The van der Waals surface area contributed by atoms with Gasteiger partial charge in [-0.2, -0.15) is 0 Å². The SMILES string of the molecule is Cc1cc(CN=C(N)NC2CCOc3ccccc32)ccc1Cl. The zero-order valence-electron chi connectivity index (χ0n) is 13.1. The maximum absolute atomic E-state index is 6.05. The molecule has 1 heterocycles. The molecule has 0 radical (unpaired) electrons. The van der Waals surface area contributed by atoms with Gasteiger partial charge in [-0.1, -0.05) is 41.9 Å². The van der Waals surface area contributed by atoms with E-state index < -0.39 is 0 Å². The van der Waals surface area contributed by atoms with Crippen LogP contribution in [0.3, 0.4) is 0 Å². The summed E-state index contributed by atoms with van der Waals surface area (Å²) in [6.07, 6.45) is 0.868. The van der Waals surface area contributed by atoms with Crippen molar-refractivity contribution in [1.29, 1.82) is 0 Å². The molecule has 1 aliphatic heterocycles. The van der Waals surface area contributed by atoms with E-state index in [1.165, 1.54) is 0 Å². The van der Waals surface area contributed by atoms with Crippen molar-refractivity contribution < 1.29 is 4.74 Å². The van der Waals surface area contributed by atoms with Crippen LogP contribution in [0.2, 0.25) is 5.02 Å². The molecule has 0 saturated carbocycles. The Morgan fingerprint density at radius 3 is 3.00 bits per heavy atom. The number of aryl methyl sites for hydroxylation is 1. The summed E-state index contributed by atoms with van der Waals surface area (Å²) < 4.78 is 5.66. The topological polar surface area (TPSA) is 59.6 Å². The average molecular weight is 330 g/mol. The molecule has 1 atom stereocenters. The van der Waals surface area contributed by atoms with Gasteiger partial charge in [0.25, 0.3) is 0 Å². The predicted octanol–water partition coefficient (Wildman–Crippen LogP) is 3.58. The third-order valence-corrected chi connectivity index (χ3v) is 4.36. The Labute approximate surface area is 141 Å². The number of hydrogen-bond acceptors (Lipinski definition) is 2. The van der Waals surface area contributed by atoms with Crippen LogP contribution < -0.4 is 15.8 Å². The number of para-hydroxylation sites is 1. The van der Waals surface area contributed by atoms with Crippen molar-refractivity contribution in [3.63, 3.8) is 0 Å². The number of nitrogens with zero attached hydrogens (tertiary/aromatic N) is 1. The van der Waals surface area contributed by atoms with Crippen molar-refractivity contribution in [3.8, 4) is 5.75 Å². The first-order chi connectivity index (χ1) is 11.1. The van der Waals surface area contributed by atoms with E-state index in [4.69, 9.17) is 22.1 Å². The number of hydrogen-bond donors (Lipinski definition) is 2. The van der Waals surface area contributed by atoms with E-state index >= 15 is 0 Å². The molecule has 2 aromatic carbocycles. The standard InChI is InChI=1S/C18H20ClN3O/c1-12-10-13(6-7-15(12)19)11-21-18(20)22-16-8-9-23-17-5-3-2-4-14(16)17/h2-7,10,16H,8-9,11H2,1H3,(H3,20,21,22). The number of fused-ring (bicyclic) bond motifs is 1. The van der Waals surface area contributed by atoms with Crippen LogP contribution in [0.1, 0.15) is 29.2 Å². The molecule has 0 bridgehead atoms. The van der Waals surface area contributed by atoms with Gasteiger partial charge in [0, 0.05) is 17.0 Å². The van der Waals surface area contributed by atoms with Crippen LogP contribution in [0, 0.1) is 6.92 Å². The summed E-state index contributed by atoms with van der Waals surface area (Å²) in [6, 6.07) is 14.0. The van der Waals surface area contributed by atoms with Gasteiger partial charge in [0.05, 0.1) is 19.2 Å². The van der Waals surface area contributed by atoms with E-state index in [1.807, 2.05) is 43.3 Å². The fourth-order valence-electron chi connectivity index (χ4n) is 2.70. The lowest BCUT2D eigenvalue weighted by Crippen LogP contribution is -2.37. The second-order valence-electron chi connectivity index (χ2n) is 5.66. The highest BCUT2D eigenvalue weighted by Crippen LogP contribution is 2.31. The maximum Gasteiger partial charge on any atom is 0.189 e. The maximum atomic E-state index is 6.05. The van der Waals surface area contributed by atoms with Crippen molar-refractivity contribution >= 4 is 17.6 Å². The van der Waals surface area contributed by atoms with Crippen LogP contribution in [0.25, 0.3) is 0 Å². The van der Waals surface area contributed by atoms with Crippen molar-refractivity contribution in [2.45, 2.75) is 25.9 Å². The fourth-order valence-corrected chi connectivity index (χ4v) is 2.82. The summed E-state index contributed by atoms with van der Waals surface area (Å²) >= 11 is 6.04. The molecule has 2 aromatic rings. The Hall–Kier alpha value is -2.20. The highest BCUT2D eigenvalue weighted by atomic mass is 35.5. The van der Waals surface area contributed by atoms with E-state index in [0.717, 1.165) is 33.9 Å². The molecule has 3 rings (SSSR count). The quantitative estimate of drug-likeness (QED) is 0.668. The molecule has 0 saturated heterocycles. The highest BCUT2D eigenvalue weighted by Gasteiger charge is 2.21. The molecule has 0 aliphatic carbocycles. The Morgan fingerprint density at radius 1 is 1.35 bits per heavy atom. The second kappa shape index (κ2) is 6.92. The van der Waals surface area contributed by atoms with E-state index in [1.54, 1.807) is 0 Å². The molecule has 4 nitrogen and oxygen atoms in total. The fraction of sp³-hybridized carbons (Fsp3) is 0.278. The van der Waals surface area contributed by atoms with Crippen LogP contribution >= 0.6 is 11.6 Å². The molecule has 1 unspecified atom stereocenters. The van der Waals surface area contributed by atoms with Crippen molar-refractivity contribution in [2.24, 2.45) is 10.7 Å². The summed E-state index contributed by atoms with van der Waals surface area (Å²) in [5.74, 6) is 1.36. The highest BCUT2D eigenvalue weighted by molar-refractivity contribution is 6.31. The van der Waals surface area contributed by atoms with Crippen LogP contribution in [0.15, 0.2) is 47.5 Å². The lowest BCUT2D eigenvalue weighted by atomic mass is 10.0. The number of ether oxygens (including phenoxy) is 1. The number of benzene rings is 2. The van der Waals surface area contributed by atoms with Crippen LogP contribution in [-0.4, -0.2) is 12.6 Å². The minimum absolute atomic E-state index is 0.135. The van der Waals surface area contributed by atoms with Crippen LogP contribution in [-0.2, 0) is 6.54 Å². The molecule has 0 aromatic heterocycles. The summed E-state index contributed by atoms with van der Waals surface area (Å²) in [5, 5.41) is 4.06. The average Bonchev–Trinajstić information content (AvgIpc) is 2.56. The largest absolute Gasteiger partial charge is 0.493 e. The summed E-state index contributed by atoms with van der Waals surface area (Å²) in [4.78, 5) is 4.43.